The Bertz CT molecular complexity index is 251. The Morgan fingerprint density at radius 2 is 1.72 bits per heavy atom. The van der Waals surface area contributed by atoms with Crippen molar-refractivity contribution in [2.24, 2.45) is 5.73 Å². The van der Waals surface area contributed by atoms with Gasteiger partial charge in [-0.05, 0) is 40.0 Å². The molecule has 0 aromatic heterocycles. The summed E-state index contributed by atoms with van der Waals surface area (Å²) in [5, 5.41) is 0. The van der Waals surface area contributed by atoms with Gasteiger partial charge < -0.3 is 19.9 Å². The molecule has 5 nitrogen and oxygen atoms in total. The first kappa shape index (κ1) is 17.4. The molecule has 0 rings (SSSR count). The van der Waals surface area contributed by atoms with Gasteiger partial charge >= 0.3 is 5.97 Å². The maximum absolute atomic E-state index is 11.3. The van der Waals surface area contributed by atoms with E-state index >= 15 is 0 Å². The molecule has 0 heterocycles. The van der Waals surface area contributed by atoms with Crippen LogP contribution in [0, 0.1) is 0 Å². The van der Waals surface area contributed by atoms with Gasteiger partial charge in [-0.2, -0.15) is 0 Å². The van der Waals surface area contributed by atoms with Crippen molar-refractivity contribution in [3.63, 3.8) is 0 Å². The highest BCUT2D eigenvalue weighted by atomic mass is 16.5. The van der Waals surface area contributed by atoms with Gasteiger partial charge in [0.25, 0.3) is 0 Å². The molecule has 0 spiro atoms. The standard InChI is InChI=1S/C13H27NO4/c1-12(2,17-5)8-10-18-9-6-7-13(3,14)11(15)16-4/h6-10,14H2,1-5H3. The molecule has 0 saturated carbocycles. The van der Waals surface area contributed by atoms with Crippen molar-refractivity contribution in [2.45, 2.75) is 51.2 Å². The van der Waals surface area contributed by atoms with Crippen LogP contribution in [0.2, 0.25) is 0 Å². The molecule has 1 unspecified atom stereocenters. The molecule has 108 valence electrons. The van der Waals surface area contributed by atoms with Gasteiger partial charge in [0.1, 0.15) is 5.54 Å². The molecule has 18 heavy (non-hydrogen) atoms. The lowest BCUT2D eigenvalue weighted by Gasteiger charge is -2.23. The van der Waals surface area contributed by atoms with E-state index in [9.17, 15) is 4.79 Å². The van der Waals surface area contributed by atoms with Crippen LogP contribution in [-0.2, 0) is 19.0 Å². The summed E-state index contributed by atoms with van der Waals surface area (Å²) >= 11 is 0. The lowest BCUT2D eigenvalue weighted by molar-refractivity contribution is -0.146. The molecule has 0 amide bonds. The Morgan fingerprint density at radius 1 is 1.11 bits per heavy atom. The predicted octanol–water partition coefficient (Wildman–Crippen LogP) is 1.49. The summed E-state index contributed by atoms with van der Waals surface area (Å²) in [7, 11) is 3.03. The van der Waals surface area contributed by atoms with Gasteiger partial charge in [-0.25, -0.2) is 0 Å². The highest BCUT2D eigenvalue weighted by Gasteiger charge is 2.28. The topological polar surface area (TPSA) is 70.8 Å². The fourth-order valence-corrected chi connectivity index (χ4v) is 1.40. The van der Waals surface area contributed by atoms with Gasteiger partial charge in [0.2, 0.25) is 0 Å². The molecule has 1 atom stereocenters. The van der Waals surface area contributed by atoms with E-state index in [2.05, 4.69) is 4.74 Å². The predicted molar refractivity (Wildman–Crippen MR) is 70.4 cm³/mol. The van der Waals surface area contributed by atoms with Gasteiger partial charge in [-0.15, -0.1) is 0 Å². The highest BCUT2D eigenvalue weighted by molar-refractivity contribution is 5.79. The van der Waals surface area contributed by atoms with Crippen LogP contribution in [0.4, 0.5) is 0 Å². The van der Waals surface area contributed by atoms with Crippen LogP contribution in [0.15, 0.2) is 0 Å². The van der Waals surface area contributed by atoms with Gasteiger partial charge in [-0.3, -0.25) is 4.79 Å². The number of hydrogen-bond acceptors (Lipinski definition) is 5. The number of methoxy groups -OCH3 is 2. The van der Waals surface area contributed by atoms with Crippen LogP contribution in [0.5, 0.6) is 0 Å². The van der Waals surface area contributed by atoms with Crippen molar-refractivity contribution in [2.75, 3.05) is 27.4 Å². The van der Waals surface area contributed by atoms with Crippen molar-refractivity contribution in [3.8, 4) is 0 Å². The van der Waals surface area contributed by atoms with E-state index in [0.29, 0.717) is 19.6 Å². The first-order chi connectivity index (χ1) is 8.25. The molecule has 0 aliphatic heterocycles. The van der Waals surface area contributed by atoms with E-state index in [1.807, 2.05) is 13.8 Å². The maximum atomic E-state index is 11.3. The molecule has 0 saturated heterocycles. The Morgan fingerprint density at radius 3 is 2.22 bits per heavy atom. The van der Waals surface area contributed by atoms with Crippen molar-refractivity contribution in [1.82, 2.24) is 0 Å². The lowest BCUT2D eigenvalue weighted by Crippen LogP contribution is -2.45. The zero-order chi connectivity index (χ0) is 14.2. The van der Waals surface area contributed by atoms with E-state index in [4.69, 9.17) is 15.2 Å². The Hall–Kier alpha value is -0.650. The number of esters is 1. The van der Waals surface area contributed by atoms with Crippen LogP contribution in [0.1, 0.15) is 40.0 Å². The third-order valence-corrected chi connectivity index (χ3v) is 3.04. The number of ether oxygens (including phenoxy) is 3. The Labute approximate surface area is 110 Å². The summed E-state index contributed by atoms with van der Waals surface area (Å²) in [5.41, 5.74) is 4.74. The van der Waals surface area contributed by atoms with Crippen molar-refractivity contribution in [1.29, 1.82) is 0 Å². The second kappa shape index (κ2) is 7.71. The van der Waals surface area contributed by atoms with Crippen LogP contribution < -0.4 is 5.73 Å². The number of hydrogen-bond donors (Lipinski definition) is 1. The van der Waals surface area contributed by atoms with E-state index in [1.54, 1.807) is 14.0 Å². The summed E-state index contributed by atoms with van der Waals surface area (Å²) in [4.78, 5) is 11.3. The second-order valence-corrected chi connectivity index (χ2v) is 5.34. The molecule has 0 bridgehead atoms. The van der Waals surface area contributed by atoms with Crippen LogP contribution in [-0.4, -0.2) is 44.5 Å². The molecule has 0 aromatic carbocycles. The van der Waals surface area contributed by atoms with Crippen molar-refractivity contribution >= 4 is 5.97 Å². The van der Waals surface area contributed by atoms with E-state index in [0.717, 1.165) is 12.8 Å². The zero-order valence-corrected chi connectivity index (χ0v) is 12.2. The number of nitrogens with two attached hydrogens (primary N) is 1. The van der Waals surface area contributed by atoms with Crippen molar-refractivity contribution in [3.05, 3.63) is 0 Å². The van der Waals surface area contributed by atoms with Gasteiger partial charge in [0.05, 0.1) is 12.7 Å². The summed E-state index contributed by atoms with van der Waals surface area (Å²) < 4.78 is 15.4. The molecule has 0 radical (unpaired) electrons. The third kappa shape index (κ3) is 6.93. The summed E-state index contributed by atoms with van der Waals surface area (Å²) in [6.45, 7) is 6.94. The molecule has 5 heteroatoms. The normalized spacial score (nSPS) is 15.2. The van der Waals surface area contributed by atoms with Crippen LogP contribution in [0.3, 0.4) is 0 Å². The third-order valence-electron chi connectivity index (χ3n) is 3.04. The minimum Gasteiger partial charge on any atom is -0.468 e. The maximum Gasteiger partial charge on any atom is 0.325 e. The average molecular weight is 261 g/mol. The van der Waals surface area contributed by atoms with E-state index < -0.39 is 5.54 Å². The largest absolute Gasteiger partial charge is 0.468 e. The summed E-state index contributed by atoms with van der Waals surface area (Å²) in [6, 6.07) is 0. The lowest BCUT2D eigenvalue weighted by atomic mass is 9.98. The Balaban J connectivity index is 3.66. The second-order valence-electron chi connectivity index (χ2n) is 5.34. The molecular weight excluding hydrogens is 234 g/mol. The highest BCUT2D eigenvalue weighted by Crippen LogP contribution is 2.14. The Kier molecular flexibility index (Phi) is 7.43. The number of rotatable bonds is 9. The number of carbonyl (C=O) groups excluding carboxylic acids is 1. The summed E-state index contributed by atoms with van der Waals surface area (Å²) in [6.07, 6.45) is 2.11. The fraction of sp³-hybridized carbons (Fsp3) is 0.923. The first-order valence-corrected chi connectivity index (χ1v) is 6.25. The van der Waals surface area contributed by atoms with Gasteiger partial charge in [0, 0.05) is 20.3 Å². The van der Waals surface area contributed by atoms with Gasteiger partial charge in [-0.1, -0.05) is 0 Å². The van der Waals surface area contributed by atoms with E-state index in [-0.39, 0.29) is 11.6 Å². The smallest absolute Gasteiger partial charge is 0.325 e. The van der Waals surface area contributed by atoms with Gasteiger partial charge in [0.15, 0.2) is 0 Å². The molecule has 0 aliphatic rings. The molecule has 0 aliphatic carbocycles. The van der Waals surface area contributed by atoms with Crippen molar-refractivity contribution < 1.29 is 19.0 Å². The van der Waals surface area contributed by atoms with E-state index in [1.165, 1.54) is 7.11 Å². The number of carbonyl (C=O) groups is 1. The first-order valence-electron chi connectivity index (χ1n) is 6.25. The average Bonchev–Trinajstić information content (AvgIpc) is 2.32. The SMILES string of the molecule is COC(=O)C(C)(N)CCCOCCC(C)(C)OC. The molecule has 0 aromatic rings. The summed E-state index contributed by atoms with van der Waals surface area (Å²) in [5.74, 6) is -0.386. The minimum atomic E-state index is -0.927. The zero-order valence-electron chi connectivity index (χ0n) is 12.2. The molecule has 2 N–H and O–H groups in total. The molecular formula is C13H27NO4. The quantitative estimate of drug-likeness (QED) is 0.503. The molecule has 0 fully saturated rings. The van der Waals surface area contributed by atoms with Crippen LogP contribution in [0.25, 0.3) is 0 Å². The monoisotopic (exact) mass is 261 g/mol. The fourth-order valence-electron chi connectivity index (χ4n) is 1.40. The minimum absolute atomic E-state index is 0.158. The van der Waals surface area contributed by atoms with Crippen LogP contribution >= 0.6 is 0 Å².